The molecule has 0 unspecified atom stereocenters. The Kier molecular flexibility index (Phi) is 4.52. The molecular formula is C15H16N6O2S. The van der Waals surface area contributed by atoms with Crippen molar-refractivity contribution in [2.75, 3.05) is 10.6 Å². The molecule has 0 bridgehead atoms. The zero-order chi connectivity index (χ0) is 17.1. The van der Waals surface area contributed by atoms with Gasteiger partial charge in [0.15, 0.2) is 10.8 Å². The van der Waals surface area contributed by atoms with Crippen LogP contribution in [0.5, 0.6) is 0 Å². The lowest BCUT2D eigenvalue weighted by atomic mass is 10.2. The molecule has 0 aromatic carbocycles. The largest absolute Gasteiger partial charge is 0.310 e. The van der Waals surface area contributed by atoms with Gasteiger partial charge in [0.05, 0.1) is 18.3 Å². The molecule has 0 fully saturated rings. The van der Waals surface area contributed by atoms with Gasteiger partial charge in [-0.1, -0.05) is 13.8 Å². The van der Waals surface area contributed by atoms with Crippen LogP contribution in [0, 0.1) is 5.92 Å². The third kappa shape index (κ3) is 3.57. The lowest BCUT2D eigenvalue weighted by Crippen LogP contribution is -2.18. The fraction of sp³-hybridized carbons (Fsp3) is 0.267. The highest BCUT2D eigenvalue weighted by Crippen LogP contribution is 2.17. The molecule has 9 heteroatoms. The molecule has 2 amide bonds. The van der Waals surface area contributed by atoms with Gasteiger partial charge in [-0.3, -0.25) is 9.59 Å². The van der Waals surface area contributed by atoms with Crippen molar-refractivity contribution < 1.29 is 9.59 Å². The molecule has 124 valence electrons. The normalized spacial score (nSPS) is 11.0. The first kappa shape index (κ1) is 16.1. The molecule has 2 N–H and O–H groups in total. The van der Waals surface area contributed by atoms with Crippen LogP contribution in [0.15, 0.2) is 29.9 Å². The molecule has 8 nitrogen and oxygen atoms in total. The molecule has 24 heavy (non-hydrogen) atoms. The third-order valence-electron chi connectivity index (χ3n) is 3.21. The van der Waals surface area contributed by atoms with Crippen LogP contribution in [-0.4, -0.2) is 31.4 Å². The van der Waals surface area contributed by atoms with Crippen LogP contribution in [-0.2, 0) is 16.0 Å². The maximum absolute atomic E-state index is 12.2. The molecule has 3 rings (SSSR count). The summed E-state index contributed by atoms with van der Waals surface area (Å²) in [5.74, 6) is 0.102. The molecule has 0 atom stereocenters. The number of aromatic nitrogens is 4. The maximum Gasteiger partial charge on any atom is 0.231 e. The number of amides is 2. The summed E-state index contributed by atoms with van der Waals surface area (Å²) in [7, 11) is 0. The predicted molar refractivity (Wildman–Crippen MR) is 90.9 cm³/mol. The molecular weight excluding hydrogens is 328 g/mol. The van der Waals surface area contributed by atoms with Crippen molar-refractivity contribution in [1.82, 2.24) is 19.6 Å². The van der Waals surface area contributed by atoms with E-state index >= 15 is 0 Å². The first-order valence-electron chi connectivity index (χ1n) is 7.37. The van der Waals surface area contributed by atoms with Gasteiger partial charge < -0.3 is 10.6 Å². The Labute approximate surface area is 141 Å². The van der Waals surface area contributed by atoms with Crippen molar-refractivity contribution in [2.45, 2.75) is 20.3 Å². The Bertz CT molecular complexity index is 885. The van der Waals surface area contributed by atoms with E-state index in [-0.39, 0.29) is 24.2 Å². The van der Waals surface area contributed by atoms with E-state index in [1.54, 1.807) is 34.4 Å². The molecule has 3 aromatic rings. The molecule has 0 saturated heterocycles. The molecule has 0 aliphatic heterocycles. The highest BCUT2D eigenvalue weighted by molar-refractivity contribution is 7.13. The number of hydrogen-bond donors (Lipinski definition) is 2. The summed E-state index contributed by atoms with van der Waals surface area (Å²) in [6.45, 7) is 3.62. The average Bonchev–Trinajstić information content (AvgIpc) is 3.17. The first-order chi connectivity index (χ1) is 11.5. The van der Waals surface area contributed by atoms with E-state index in [0.29, 0.717) is 22.3 Å². The fourth-order valence-electron chi connectivity index (χ4n) is 1.98. The monoisotopic (exact) mass is 344 g/mol. The van der Waals surface area contributed by atoms with Gasteiger partial charge >= 0.3 is 0 Å². The van der Waals surface area contributed by atoms with Gasteiger partial charge in [-0.15, -0.1) is 11.3 Å². The summed E-state index contributed by atoms with van der Waals surface area (Å²) in [5, 5.41) is 11.9. The minimum Gasteiger partial charge on any atom is -0.310 e. The highest BCUT2D eigenvalue weighted by atomic mass is 32.1. The van der Waals surface area contributed by atoms with E-state index in [0.717, 1.165) is 0 Å². The molecule has 0 aliphatic rings. The molecule has 3 aromatic heterocycles. The number of fused-ring (bicyclic) bond motifs is 1. The molecule has 3 heterocycles. The Balaban J connectivity index is 1.64. The topological polar surface area (TPSA) is 101 Å². The first-order valence-corrected chi connectivity index (χ1v) is 8.25. The fourth-order valence-corrected chi connectivity index (χ4v) is 2.69. The zero-order valence-corrected chi connectivity index (χ0v) is 14.0. The van der Waals surface area contributed by atoms with E-state index in [1.807, 2.05) is 13.8 Å². The van der Waals surface area contributed by atoms with Crippen LogP contribution >= 0.6 is 11.3 Å². The highest BCUT2D eigenvalue weighted by Gasteiger charge is 2.13. The van der Waals surface area contributed by atoms with E-state index in [2.05, 4.69) is 25.7 Å². The number of carbonyl (C=O) groups excluding carboxylic acids is 2. The number of anilines is 2. The van der Waals surface area contributed by atoms with Crippen molar-refractivity contribution in [2.24, 2.45) is 5.92 Å². The number of carbonyl (C=O) groups is 2. The summed E-state index contributed by atoms with van der Waals surface area (Å²) in [6.07, 6.45) is 3.33. The van der Waals surface area contributed by atoms with Crippen molar-refractivity contribution in [1.29, 1.82) is 0 Å². The van der Waals surface area contributed by atoms with Crippen LogP contribution in [0.4, 0.5) is 10.9 Å². The quantitative estimate of drug-likeness (QED) is 0.737. The SMILES string of the molecule is CC(C)C(=O)Nc1nc(CC(=O)Nc2ccnc3ccnn23)cs1. The van der Waals surface area contributed by atoms with E-state index in [9.17, 15) is 9.59 Å². The molecule has 0 saturated carbocycles. The Morgan fingerprint density at radius 2 is 2.08 bits per heavy atom. The molecule has 0 radical (unpaired) electrons. The predicted octanol–water partition coefficient (Wildman–Crippen LogP) is 1.96. The molecule has 0 spiro atoms. The van der Waals surface area contributed by atoms with E-state index in [1.165, 1.54) is 11.3 Å². The third-order valence-corrected chi connectivity index (χ3v) is 4.01. The van der Waals surface area contributed by atoms with Gasteiger partial charge in [-0.05, 0) is 6.07 Å². The van der Waals surface area contributed by atoms with Crippen LogP contribution in [0.25, 0.3) is 5.65 Å². The number of nitrogens with one attached hydrogen (secondary N) is 2. The zero-order valence-electron chi connectivity index (χ0n) is 13.2. The second-order valence-corrected chi connectivity index (χ2v) is 6.30. The van der Waals surface area contributed by atoms with Gasteiger partial charge in [0.25, 0.3) is 0 Å². The van der Waals surface area contributed by atoms with Crippen LogP contribution in [0.3, 0.4) is 0 Å². The van der Waals surface area contributed by atoms with Crippen LogP contribution < -0.4 is 10.6 Å². The minimum absolute atomic E-state index is 0.0989. The smallest absolute Gasteiger partial charge is 0.231 e. The van der Waals surface area contributed by atoms with Gasteiger partial charge in [0, 0.05) is 23.6 Å². The Morgan fingerprint density at radius 3 is 2.88 bits per heavy atom. The summed E-state index contributed by atoms with van der Waals surface area (Å²) >= 11 is 1.30. The second kappa shape index (κ2) is 6.75. The number of rotatable bonds is 5. The Morgan fingerprint density at radius 1 is 1.25 bits per heavy atom. The number of thiazole rings is 1. The summed E-state index contributed by atoms with van der Waals surface area (Å²) in [4.78, 5) is 32.2. The minimum atomic E-state index is -0.218. The van der Waals surface area contributed by atoms with Crippen molar-refractivity contribution in [3.63, 3.8) is 0 Å². The van der Waals surface area contributed by atoms with Crippen molar-refractivity contribution in [3.8, 4) is 0 Å². The van der Waals surface area contributed by atoms with E-state index < -0.39 is 0 Å². The summed E-state index contributed by atoms with van der Waals surface area (Å²) in [5.41, 5.74) is 1.25. The lowest BCUT2D eigenvalue weighted by Gasteiger charge is -2.06. The number of nitrogens with zero attached hydrogens (tertiary/aromatic N) is 4. The number of hydrogen-bond acceptors (Lipinski definition) is 6. The summed E-state index contributed by atoms with van der Waals surface area (Å²) < 4.78 is 1.55. The second-order valence-electron chi connectivity index (χ2n) is 5.44. The van der Waals surface area contributed by atoms with Gasteiger partial charge in [0.2, 0.25) is 11.8 Å². The van der Waals surface area contributed by atoms with Crippen LogP contribution in [0.2, 0.25) is 0 Å². The summed E-state index contributed by atoms with van der Waals surface area (Å²) in [6, 6.07) is 3.42. The van der Waals surface area contributed by atoms with Gasteiger partial charge in [0.1, 0.15) is 5.82 Å². The average molecular weight is 344 g/mol. The van der Waals surface area contributed by atoms with Gasteiger partial charge in [-0.2, -0.15) is 9.61 Å². The van der Waals surface area contributed by atoms with Crippen LogP contribution in [0.1, 0.15) is 19.5 Å². The lowest BCUT2D eigenvalue weighted by molar-refractivity contribution is -0.119. The van der Waals surface area contributed by atoms with Crippen molar-refractivity contribution in [3.05, 3.63) is 35.6 Å². The Hall–Kier alpha value is -2.81. The standard InChI is InChI=1S/C15H16N6O2S/c1-9(2)14(23)20-15-18-10(8-24-15)7-13(22)19-12-3-5-16-11-4-6-17-21(11)12/h3-6,8-9H,7H2,1-2H3,(H,19,22)(H,18,20,23). The van der Waals surface area contributed by atoms with Gasteiger partial charge in [-0.25, -0.2) is 9.97 Å². The van der Waals surface area contributed by atoms with Crippen molar-refractivity contribution >= 4 is 39.7 Å². The van der Waals surface area contributed by atoms with E-state index in [4.69, 9.17) is 0 Å². The molecule has 0 aliphatic carbocycles. The maximum atomic E-state index is 12.2.